The molecule has 0 aliphatic rings. The monoisotopic (exact) mass is 225 g/mol. The maximum Gasteiger partial charge on any atom is 0.0352 e. The third kappa shape index (κ3) is 2.10. The first-order chi connectivity index (χ1) is 6.61. The fraction of sp³-hybridized carbons (Fsp3) is 0.273. The molecule has 0 atom stereocenters. The molecule has 1 aromatic carbocycles. The lowest BCUT2D eigenvalue weighted by atomic mass is 10.0. The van der Waals surface area contributed by atoms with E-state index < -0.39 is 0 Å². The van der Waals surface area contributed by atoms with Gasteiger partial charge in [-0.2, -0.15) is 0 Å². The highest BCUT2D eigenvalue weighted by Gasteiger charge is 2.10. The largest absolute Gasteiger partial charge is 0.388 e. The van der Waals surface area contributed by atoms with Gasteiger partial charge in [0.15, 0.2) is 0 Å². The first-order valence-corrected chi connectivity index (χ1v) is 5.42. The van der Waals surface area contributed by atoms with Gasteiger partial charge in [0.05, 0.1) is 0 Å². The molecule has 0 amide bonds. The standard InChI is InChI=1S/C11H15NS2/c1-4-8-9(13)5-6-10(14)11(8)7(2)12-3/h5-6,12-14H,2,4H2,1,3H3. The smallest absolute Gasteiger partial charge is 0.0352 e. The average molecular weight is 225 g/mol. The second kappa shape index (κ2) is 4.80. The van der Waals surface area contributed by atoms with E-state index in [0.29, 0.717) is 0 Å². The maximum absolute atomic E-state index is 4.43. The first-order valence-electron chi connectivity index (χ1n) is 4.52. The Bertz CT molecular complexity index is 359. The predicted octanol–water partition coefficient (Wildman–Crippen LogP) is 3.02. The lowest BCUT2D eigenvalue weighted by Gasteiger charge is -2.15. The van der Waals surface area contributed by atoms with Crippen LogP contribution in [0.4, 0.5) is 0 Å². The normalized spacial score (nSPS) is 10.0. The zero-order chi connectivity index (χ0) is 10.7. The number of nitrogens with one attached hydrogen (secondary N) is 1. The minimum atomic E-state index is 0.891. The number of hydrogen-bond acceptors (Lipinski definition) is 3. The summed E-state index contributed by atoms with van der Waals surface area (Å²) in [5.74, 6) is 0. The zero-order valence-electron chi connectivity index (χ0n) is 8.46. The van der Waals surface area contributed by atoms with Crippen molar-refractivity contribution in [1.29, 1.82) is 0 Å². The molecule has 0 heterocycles. The van der Waals surface area contributed by atoms with Crippen LogP contribution in [-0.2, 0) is 6.42 Å². The summed E-state index contributed by atoms with van der Waals surface area (Å²) in [5.41, 5.74) is 3.16. The van der Waals surface area contributed by atoms with Crippen LogP contribution < -0.4 is 5.32 Å². The second-order valence-corrected chi connectivity index (χ2v) is 4.00. The number of benzene rings is 1. The van der Waals surface area contributed by atoms with E-state index in [2.05, 4.69) is 44.1 Å². The molecule has 76 valence electrons. The van der Waals surface area contributed by atoms with E-state index in [-0.39, 0.29) is 0 Å². The molecule has 0 unspecified atom stereocenters. The van der Waals surface area contributed by atoms with Crippen LogP contribution in [0.25, 0.3) is 5.70 Å². The molecule has 1 aromatic rings. The van der Waals surface area contributed by atoms with Crippen molar-refractivity contribution in [1.82, 2.24) is 5.32 Å². The van der Waals surface area contributed by atoms with Gasteiger partial charge >= 0.3 is 0 Å². The Morgan fingerprint density at radius 3 is 2.43 bits per heavy atom. The SMILES string of the molecule is C=C(NC)c1c(S)ccc(S)c1CC. The van der Waals surface area contributed by atoms with Gasteiger partial charge in [0.2, 0.25) is 0 Å². The highest BCUT2D eigenvalue weighted by Crippen LogP contribution is 2.29. The molecule has 1 nitrogen and oxygen atoms in total. The van der Waals surface area contributed by atoms with Gasteiger partial charge in [0, 0.05) is 28.1 Å². The van der Waals surface area contributed by atoms with E-state index in [0.717, 1.165) is 27.5 Å². The summed E-state index contributed by atoms with van der Waals surface area (Å²) in [6.07, 6.45) is 0.934. The van der Waals surface area contributed by atoms with E-state index in [4.69, 9.17) is 0 Å². The summed E-state index contributed by atoms with van der Waals surface area (Å²) >= 11 is 8.85. The molecule has 0 saturated heterocycles. The first kappa shape index (κ1) is 11.5. The van der Waals surface area contributed by atoms with Crippen molar-refractivity contribution in [2.45, 2.75) is 23.1 Å². The molecule has 0 spiro atoms. The Morgan fingerprint density at radius 1 is 1.36 bits per heavy atom. The van der Waals surface area contributed by atoms with Crippen LogP contribution in [0, 0.1) is 0 Å². The third-order valence-electron chi connectivity index (χ3n) is 2.22. The molecule has 14 heavy (non-hydrogen) atoms. The van der Waals surface area contributed by atoms with E-state index in [9.17, 15) is 0 Å². The fourth-order valence-electron chi connectivity index (χ4n) is 1.44. The highest BCUT2D eigenvalue weighted by molar-refractivity contribution is 7.80. The number of thiol groups is 2. The van der Waals surface area contributed by atoms with Crippen molar-refractivity contribution >= 4 is 31.0 Å². The van der Waals surface area contributed by atoms with Crippen LogP contribution in [0.2, 0.25) is 0 Å². The zero-order valence-corrected chi connectivity index (χ0v) is 10.3. The molecule has 0 radical (unpaired) electrons. The molecule has 0 aliphatic carbocycles. The summed E-state index contributed by atoms with van der Waals surface area (Å²) in [6.45, 7) is 6.07. The van der Waals surface area contributed by atoms with Gasteiger partial charge in [-0.05, 0) is 24.1 Å². The van der Waals surface area contributed by atoms with Gasteiger partial charge in [-0.1, -0.05) is 13.5 Å². The molecule has 1 N–H and O–H groups in total. The number of rotatable bonds is 3. The Morgan fingerprint density at radius 2 is 1.93 bits per heavy atom. The van der Waals surface area contributed by atoms with Gasteiger partial charge in [-0.25, -0.2) is 0 Å². The lowest BCUT2D eigenvalue weighted by molar-refractivity contribution is 1.02. The van der Waals surface area contributed by atoms with Crippen LogP contribution in [0.3, 0.4) is 0 Å². The molecule has 0 bridgehead atoms. The molecule has 0 saturated carbocycles. The molecule has 1 rings (SSSR count). The fourth-order valence-corrected chi connectivity index (χ4v) is 2.13. The van der Waals surface area contributed by atoms with Crippen molar-refractivity contribution < 1.29 is 0 Å². The summed E-state index contributed by atoms with van der Waals surface area (Å²) in [6, 6.07) is 3.92. The van der Waals surface area contributed by atoms with Gasteiger partial charge in [0.25, 0.3) is 0 Å². The molecular weight excluding hydrogens is 210 g/mol. The predicted molar refractivity (Wildman–Crippen MR) is 68.4 cm³/mol. The highest BCUT2D eigenvalue weighted by atomic mass is 32.1. The number of hydrogen-bond donors (Lipinski definition) is 3. The van der Waals surface area contributed by atoms with Crippen molar-refractivity contribution in [3.8, 4) is 0 Å². The summed E-state index contributed by atoms with van der Waals surface area (Å²) in [7, 11) is 1.86. The Hall–Kier alpha value is -0.540. The molecule has 0 aliphatic heterocycles. The minimum absolute atomic E-state index is 0.891. The summed E-state index contributed by atoms with van der Waals surface area (Å²) in [4.78, 5) is 1.94. The van der Waals surface area contributed by atoms with E-state index in [1.807, 2.05) is 19.2 Å². The van der Waals surface area contributed by atoms with Crippen molar-refractivity contribution in [2.24, 2.45) is 0 Å². The average Bonchev–Trinajstić information content (AvgIpc) is 2.19. The van der Waals surface area contributed by atoms with Gasteiger partial charge in [0.1, 0.15) is 0 Å². The van der Waals surface area contributed by atoms with E-state index in [1.54, 1.807) is 0 Å². The summed E-state index contributed by atoms with van der Waals surface area (Å²) in [5, 5.41) is 3.05. The topological polar surface area (TPSA) is 12.0 Å². The lowest BCUT2D eigenvalue weighted by Crippen LogP contribution is -2.07. The van der Waals surface area contributed by atoms with Crippen LogP contribution in [0.5, 0.6) is 0 Å². The minimum Gasteiger partial charge on any atom is -0.388 e. The quantitative estimate of drug-likeness (QED) is 0.672. The van der Waals surface area contributed by atoms with Crippen LogP contribution in [0.1, 0.15) is 18.1 Å². The Balaban J connectivity index is 3.37. The molecular formula is C11H15NS2. The van der Waals surface area contributed by atoms with Gasteiger partial charge in [-0.15, -0.1) is 25.3 Å². The van der Waals surface area contributed by atoms with Crippen molar-refractivity contribution in [3.63, 3.8) is 0 Å². The van der Waals surface area contributed by atoms with Gasteiger partial charge in [-0.3, -0.25) is 0 Å². The van der Waals surface area contributed by atoms with E-state index in [1.165, 1.54) is 5.56 Å². The Kier molecular flexibility index (Phi) is 3.96. The Labute approximate surface area is 96.4 Å². The van der Waals surface area contributed by atoms with E-state index >= 15 is 0 Å². The van der Waals surface area contributed by atoms with Crippen LogP contribution in [0.15, 0.2) is 28.5 Å². The summed E-state index contributed by atoms with van der Waals surface area (Å²) < 4.78 is 0. The third-order valence-corrected chi connectivity index (χ3v) is 3.01. The van der Waals surface area contributed by atoms with Crippen molar-refractivity contribution in [2.75, 3.05) is 7.05 Å². The van der Waals surface area contributed by atoms with Gasteiger partial charge < -0.3 is 5.32 Å². The molecule has 0 fully saturated rings. The molecule has 0 aromatic heterocycles. The van der Waals surface area contributed by atoms with Crippen LogP contribution in [-0.4, -0.2) is 7.05 Å². The van der Waals surface area contributed by atoms with Crippen LogP contribution >= 0.6 is 25.3 Å². The second-order valence-electron chi connectivity index (χ2n) is 3.04. The molecule has 3 heteroatoms. The maximum atomic E-state index is 4.43. The van der Waals surface area contributed by atoms with Crippen molar-refractivity contribution in [3.05, 3.63) is 29.8 Å².